The minimum atomic E-state index is -1.56. The number of rotatable bonds is 8. The van der Waals surface area contributed by atoms with Crippen LogP contribution in [0, 0.1) is 34.9 Å². The summed E-state index contributed by atoms with van der Waals surface area (Å²) in [5, 5.41) is 19.3. The number of aliphatic hydroxyl groups is 1. The third kappa shape index (κ3) is 5.44. The molecule has 0 amide bonds. The summed E-state index contributed by atoms with van der Waals surface area (Å²) in [5.41, 5.74) is -0.558. The van der Waals surface area contributed by atoms with Gasteiger partial charge in [-0.3, -0.25) is 0 Å². The molecule has 2 atom stereocenters. The molecule has 38 heavy (non-hydrogen) atoms. The van der Waals surface area contributed by atoms with Gasteiger partial charge in [-0.15, -0.1) is 0 Å². The number of phenols is 1. The van der Waals surface area contributed by atoms with Gasteiger partial charge in [0.25, 0.3) is 0 Å². The number of aliphatic hydroxyl groups excluding tert-OH is 1. The SMILES string of the molecule is CCCC(O)c1ccc(C2=CCC(OCc3ccc(-c4ccc(O)c(F)c4F)c(F)c3F)CC2)c(F)c1F. The average molecular weight is 537 g/mol. The van der Waals surface area contributed by atoms with Crippen LogP contribution in [-0.4, -0.2) is 16.3 Å². The zero-order valence-electron chi connectivity index (χ0n) is 20.5. The van der Waals surface area contributed by atoms with Crippen molar-refractivity contribution in [3.05, 3.63) is 94.1 Å². The highest BCUT2D eigenvalue weighted by molar-refractivity contribution is 5.68. The van der Waals surface area contributed by atoms with E-state index >= 15 is 0 Å². The maximum Gasteiger partial charge on any atom is 0.200 e. The van der Waals surface area contributed by atoms with Gasteiger partial charge in [0.2, 0.25) is 5.82 Å². The summed E-state index contributed by atoms with van der Waals surface area (Å²) in [6.07, 6.45) is 2.29. The zero-order valence-corrected chi connectivity index (χ0v) is 20.5. The summed E-state index contributed by atoms with van der Waals surface area (Å²) in [6, 6.07) is 6.93. The summed E-state index contributed by atoms with van der Waals surface area (Å²) in [5.74, 6) is -8.76. The molecular weight excluding hydrogens is 510 g/mol. The molecule has 3 aromatic rings. The lowest BCUT2D eigenvalue weighted by Crippen LogP contribution is -2.17. The van der Waals surface area contributed by atoms with Crippen LogP contribution in [0.3, 0.4) is 0 Å². The molecule has 2 N–H and O–H groups in total. The molecule has 0 radical (unpaired) electrons. The topological polar surface area (TPSA) is 49.7 Å². The first-order valence-electron chi connectivity index (χ1n) is 12.2. The van der Waals surface area contributed by atoms with Crippen LogP contribution in [-0.2, 0) is 11.3 Å². The zero-order chi connectivity index (χ0) is 27.6. The second-order valence-corrected chi connectivity index (χ2v) is 9.23. The van der Waals surface area contributed by atoms with E-state index in [1.807, 2.05) is 6.92 Å². The highest BCUT2D eigenvalue weighted by Gasteiger charge is 2.24. The van der Waals surface area contributed by atoms with E-state index in [1.165, 1.54) is 18.2 Å². The lowest BCUT2D eigenvalue weighted by Gasteiger charge is -2.23. The molecule has 202 valence electrons. The quantitative estimate of drug-likeness (QED) is 0.288. The molecule has 0 spiro atoms. The Balaban J connectivity index is 1.43. The van der Waals surface area contributed by atoms with Crippen LogP contribution in [0.25, 0.3) is 16.7 Å². The van der Waals surface area contributed by atoms with Gasteiger partial charge in [-0.1, -0.05) is 43.7 Å². The monoisotopic (exact) mass is 536 g/mol. The number of ether oxygens (including phenoxy) is 1. The molecule has 1 aliphatic rings. The molecule has 0 saturated carbocycles. The van der Waals surface area contributed by atoms with Gasteiger partial charge < -0.3 is 14.9 Å². The van der Waals surface area contributed by atoms with E-state index in [-0.39, 0.29) is 29.4 Å². The summed E-state index contributed by atoms with van der Waals surface area (Å²) in [4.78, 5) is 0. The molecule has 1 aliphatic carbocycles. The number of benzene rings is 3. The smallest absolute Gasteiger partial charge is 0.200 e. The average Bonchev–Trinajstić information content (AvgIpc) is 2.91. The number of halogens is 6. The van der Waals surface area contributed by atoms with Gasteiger partial charge in [-0.25, -0.2) is 22.0 Å². The molecule has 0 aliphatic heterocycles. The Kier molecular flexibility index (Phi) is 8.47. The third-order valence-electron chi connectivity index (χ3n) is 6.73. The molecule has 0 heterocycles. The van der Waals surface area contributed by atoms with Crippen LogP contribution in [0.1, 0.15) is 61.8 Å². The molecule has 4 rings (SSSR count). The Labute approximate surface area is 216 Å². The second kappa shape index (κ2) is 11.6. The van der Waals surface area contributed by atoms with Crippen molar-refractivity contribution < 1.29 is 41.3 Å². The first kappa shape index (κ1) is 27.7. The first-order chi connectivity index (χ1) is 18.1. The minimum Gasteiger partial charge on any atom is -0.505 e. The molecule has 0 saturated heterocycles. The van der Waals surface area contributed by atoms with E-state index < -0.39 is 57.9 Å². The number of aromatic hydroxyl groups is 1. The van der Waals surface area contributed by atoms with Crippen molar-refractivity contribution in [1.29, 1.82) is 0 Å². The minimum absolute atomic E-state index is 0.0794. The van der Waals surface area contributed by atoms with Crippen molar-refractivity contribution in [2.24, 2.45) is 0 Å². The second-order valence-electron chi connectivity index (χ2n) is 9.23. The summed E-state index contributed by atoms with van der Waals surface area (Å²) in [6.45, 7) is 1.54. The maximum atomic E-state index is 14.7. The fourth-order valence-corrected chi connectivity index (χ4v) is 4.57. The Bertz CT molecular complexity index is 1370. The van der Waals surface area contributed by atoms with E-state index in [2.05, 4.69) is 0 Å². The van der Waals surface area contributed by atoms with Crippen LogP contribution < -0.4 is 0 Å². The molecule has 0 fully saturated rings. The molecule has 9 heteroatoms. The van der Waals surface area contributed by atoms with Gasteiger partial charge in [0, 0.05) is 27.8 Å². The highest BCUT2D eigenvalue weighted by atomic mass is 19.2. The van der Waals surface area contributed by atoms with Crippen LogP contribution in [0.2, 0.25) is 0 Å². The number of hydrogen-bond donors (Lipinski definition) is 2. The van der Waals surface area contributed by atoms with Crippen molar-refractivity contribution in [2.75, 3.05) is 0 Å². The maximum absolute atomic E-state index is 14.7. The Morgan fingerprint density at radius 3 is 2.11 bits per heavy atom. The van der Waals surface area contributed by atoms with Gasteiger partial charge in [0.05, 0.1) is 18.8 Å². The van der Waals surface area contributed by atoms with E-state index in [0.717, 1.165) is 18.2 Å². The summed E-state index contributed by atoms with van der Waals surface area (Å²) >= 11 is 0. The van der Waals surface area contributed by atoms with Gasteiger partial charge in [-0.05, 0) is 43.4 Å². The standard InChI is InChI=1S/C29H26F6O3/c1-2-3-22(36)21-11-10-18(25(31)28(21)34)15-4-7-17(8-5-15)38-14-16-6-9-19(26(32)24(16)30)20-12-13-23(37)29(35)27(20)33/h4,6,9-13,17,22,36-37H,2-3,5,7-8,14H2,1H3. The number of allylic oxidation sites excluding steroid dienone is 1. The molecule has 0 bridgehead atoms. The summed E-state index contributed by atoms with van der Waals surface area (Å²) < 4.78 is 92.1. The molecule has 3 aromatic carbocycles. The van der Waals surface area contributed by atoms with Crippen molar-refractivity contribution in [1.82, 2.24) is 0 Å². The van der Waals surface area contributed by atoms with E-state index in [9.17, 15) is 36.6 Å². The van der Waals surface area contributed by atoms with Gasteiger partial charge in [-0.2, -0.15) is 4.39 Å². The van der Waals surface area contributed by atoms with E-state index in [1.54, 1.807) is 6.08 Å². The Morgan fingerprint density at radius 1 is 0.816 bits per heavy atom. The highest BCUT2D eigenvalue weighted by Crippen LogP contribution is 2.35. The largest absolute Gasteiger partial charge is 0.505 e. The predicted octanol–water partition coefficient (Wildman–Crippen LogP) is 7.88. The lowest BCUT2D eigenvalue weighted by atomic mass is 9.90. The molecular formula is C29H26F6O3. The molecule has 3 nitrogen and oxygen atoms in total. The fraction of sp³-hybridized carbons (Fsp3) is 0.310. The van der Waals surface area contributed by atoms with Crippen molar-refractivity contribution in [3.63, 3.8) is 0 Å². The predicted molar refractivity (Wildman–Crippen MR) is 130 cm³/mol. The van der Waals surface area contributed by atoms with Crippen molar-refractivity contribution >= 4 is 5.57 Å². The van der Waals surface area contributed by atoms with Crippen LogP contribution in [0.4, 0.5) is 26.3 Å². The van der Waals surface area contributed by atoms with Crippen molar-refractivity contribution in [2.45, 2.75) is 57.8 Å². The molecule has 2 unspecified atom stereocenters. The Hall–Kier alpha value is -3.30. The van der Waals surface area contributed by atoms with E-state index in [0.29, 0.717) is 37.7 Å². The Morgan fingerprint density at radius 2 is 1.45 bits per heavy atom. The lowest BCUT2D eigenvalue weighted by molar-refractivity contribution is 0.0342. The normalized spacial score (nSPS) is 16.4. The molecule has 0 aromatic heterocycles. The van der Waals surface area contributed by atoms with Gasteiger partial charge in [0.15, 0.2) is 34.8 Å². The number of phenolic OH excluding ortho intramolecular Hbond substituents is 1. The van der Waals surface area contributed by atoms with Gasteiger partial charge >= 0.3 is 0 Å². The van der Waals surface area contributed by atoms with Gasteiger partial charge in [0.1, 0.15) is 0 Å². The van der Waals surface area contributed by atoms with Crippen LogP contribution in [0.15, 0.2) is 42.5 Å². The first-order valence-corrected chi connectivity index (χ1v) is 12.2. The fourth-order valence-electron chi connectivity index (χ4n) is 4.57. The van der Waals surface area contributed by atoms with Crippen LogP contribution in [0.5, 0.6) is 5.75 Å². The summed E-state index contributed by atoms with van der Waals surface area (Å²) in [7, 11) is 0. The number of hydrogen-bond acceptors (Lipinski definition) is 3. The van der Waals surface area contributed by atoms with Crippen LogP contribution >= 0.6 is 0 Å². The van der Waals surface area contributed by atoms with Crippen molar-refractivity contribution in [3.8, 4) is 16.9 Å². The van der Waals surface area contributed by atoms with E-state index in [4.69, 9.17) is 4.74 Å². The third-order valence-corrected chi connectivity index (χ3v) is 6.73.